The number of para-hydroxylation sites is 1. The second kappa shape index (κ2) is 4.98. The van der Waals surface area contributed by atoms with Gasteiger partial charge in [0.25, 0.3) is 0 Å². The fraction of sp³-hybridized carbons (Fsp3) is 0.214. The molecule has 0 saturated heterocycles. The Balaban J connectivity index is 2.50. The van der Waals surface area contributed by atoms with E-state index >= 15 is 0 Å². The maximum atomic E-state index is 5.85. The molecule has 0 aliphatic heterocycles. The molecule has 2 aromatic rings. The van der Waals surface area contributed by atoms with E-state index in [1.54, 1.807) is 6.20 Å². The molecule has 0 amide bonds. The highest BCUT2D eigenvalue weighted by molar-refractivity contribution is 9.10. The highest BCUT2D eigenvalue weighted by Crippen LogP contribution is 2.34. The zero-order valence-electron chi connectivity index (χ0n) is 10.7. The summed E-state index contributed by atoms with van der Waals surface area (Å²) < 4.78 is 0.938. The zero-order chi connectivity index (χ0) is 13.3. The van der Waals surface area contributed by atoms with E-state index in [4.69, 9.17) is 5.73 Å². The number of pyridine rings is 1. The molecule has 0 radical (unpaired) electrons. The second-order valence-electron chi connectivity index (χ2n) is 4.32. The van der Waals surface area contributed by atoms with Crippen molar-refractivity contribution in [3.05, 3.63) is 46.1 Å². The lowest BCUT2D eigenvalue weighted by molar-refractivity contribution is 1.10. The number of hydrogen-bond donors (Lipinski definition) is 1. The smallest absolute Gasteiger partial charge is 0.147 e. The van der Waals surface area contributed by atoms with Gasteiger partial charge in [-0.25, -0.2) is 4.98 Å². The first-order valence-corrected chi connectivity index (χ1v) is 6.51. The molecule has 0 aliphatic carbocycles. The molecule has 0 bridgehead atoms. The average molecular weight is 306 g/mol. The summed E-state index contributed by atoms with van der Waals surface area (Å²) in [5.74, 6) is 0.871. The Kier molecular flexibility index (Phi) is 3.57. The van der Waals surface area contributed by atoms with Crippen LogP contribution < -0.4 is 10.6 Å². The molecule has 0 atom stereocenters. The van der Waals surface area contributed by atoms with Crippen molar-refractivity contribution in [2.75, 3.05) is 17.7 Å². The molecule has 94 valence electrons. The van der Waals surface area contributed by atoms with Crippen molar-refractivity contribution in [3.63, 3.8) is 0 Å². The van der Waals surface area contributed by atoms with Gasteiger partial charge in [-0.2, -0.15) is 0 Å². The summed E-state index contributed by atoms with van der Waals surface area (Å²) in [5, 5.41) is 0. The van der Waals surface area contributed by atoms with E-state index < -0.39 is 0 Å². The van der Waals surface area contributed by atoms with Gasteiger partial charge in [-0.1, -0.05) is 18.2 Å². The monoisotopic (exact) mass is 305 g/mol. The minimum absolute atomic E-state index is 0.698. The number of rotatable bonds is 2. The molecular formula is C14H16BrN3. The molecular weight excluding hydrogens is 290 g/mol. The Morgan fingerprint density at radius 2 is 1.89 bits per heavy atom. The molecule has 1 aromatic carbocycles. The molecule has 0 unspecified atom stereocenters. The van der Waals surface area contributed by atoms with E-state index in [0.717, 1.165) is 21.5 Å². The lowest BCUT2D eigenvalue weighted by atomic mass is 10.2. The lowest BCUT2D eigenvalue weighted by Gasteiger charge is -2.22. The summed E-state index contributed by atoms with van der Waals surface area (Å²) in [6.07, 6.45) is 1.70. The molecule has 0 saturated carbocycles. The second-order valence-corrected chi connectivity index (χ2v) is 5.11. The first-order valence-electron chi connectivity index (χ1n) is 5.72. The fourth-order valence-corrected chi connectivity index (χ4v) is 2.46. The predicted octanol–water partition coefficient (Wildman–Crippen LogP) is 3.81. The molecule has 18 heavy (non-hydrogen) atoms. The Bertz CT molecular complexity index is 581. The van der Waals surface area contributed by atoms with Gasteiger partial charge in [-0.3, -0.25) is 0 Å². The van der Waals surface area contributed by atoms with Crippen LogP contribution in [0.2, 0.25) is 0 Å². The summed E-state index contributed by atoms with van der Waals surface area (Å²) in [6, 6.07) is 8.22. The Hall–Kier alpha value is -1.55. The molecule has 2 N–H and O–H groups in total. The van der Waals surface area contributed by atoms with Gasteiger partial charge in [0.1, 0.15) is 5.82 Å². The first kappa shape index (κ1) is 12.9. The van der Waals surface area contributed by atoms with Crippen LogP contribution in [-0.4, -0.2) is 12.0 Å². The first-order chi connectivity index (χ1) is 8.52. The molecule has 0 fully saturated rings. The summed E-state index contributed by atoms with van der Waals surface area (Å²) in [5.41, 5.74) is 9.90. The van der Waals surface area contributed by atoms with Crippen molar-refractivity contribution >= 4 is 33.1 Å². The number of hydrogen-bond acceptors (Lipinski definition) is 3. The third kappa shape index (κ3) is 2.20. The quantitative estimate of drug-likeness (QED) is 0.917. The van der Waals surface area contributed by atoms with Gasteiger partial charge in [-0.05, 0) is 47.0 Å². The Labute approximate surface area is 116 Å². The van der Waals surface area contributed by atoms with Gasteiger partial charge in [0, 0.05) is 12.7 Å². The zero-order valence-corrected chi connectivity index (χ0v) is 12.3. The van der Waals surface area contributed by atoms with E-state index in [9.17, 15) is 0 Å². The number of nitrogens with two attached hydrogens (primary N) is 1. The number of anilines is 3. The van der Waals surface area contributed by atoms with Crippen LogP contribution in [0.3, 0.4) is 0 Å². The van der Waals surface area contributed by atoms with E-state index in [2.05, 4.69) is 44.9 Å². The standard InChI is InChI=1S/C14H16BrN3/c1-9-6-4-5-7-12(9)18(3)14-13(15)10(2)11(16)8-17-14/h4-8H,16H2,1-3H3. The SMILES string of the molecule is Cc1ccccc1N(C)c1ncc(N)c(C)c1Br. The fourth-order valence-electron chi connectivity index (χ4n) is 1.87. The molecule has 1 heterocycles. The molecule has 0 aliphatic rings. The van der Waals surface area contributed by atoms with Gasteiger partial charge in [0.2, 0.25) is 0 Å². The van der Waals surface area contributed by atoms with E-state index in [1.807, 2.05) is 26.1 Å². The molecule has 4 heteroatoms. The summed E-state index contributed by atoms with van der Waals surface area (Å²) >= 11 is 3.57. The molecule has 1 aromatic heterocycles. The highest BCUT2D eigenvalue weighted by atomic mass is 79.9. The number of halogens is 1. The van der Waals surface area contributed by atoms with Crippen LogP contribution in [0, 0.1) is 13.8 Å². The molecule has 2 rings (SSSR count). The molecule has 3 nitrogen and oxygen atoms in total. The van der Waals surface area contributed by atoms with Gasteiger partial charge < -0.3 is 10.6 Å². The van der Waals surface area contributed by atoms with E-state index in [-0.39, 0.29) is 0 Å². The van der Waals surface area contributed by atoms with Crippen molar-refractivity contribution in [2.24, 2.45) is 0 Å². The third-order valence-electron chi connectivity index (χ3n) is 3.08. The van der Waals surface area contributed by atoms with Crippen LogP contribution in [0.15, 0.2) is 34.9 Å². The summed E-state index contributed by atoms with van der Waals surface area (Å²) in [6.45, 7) is 4.07. The largest absolute Gasteiger partial charge is 0.397 e. The van der Waals surface area contributed by atoms with Crippen LogP contribution in [0.1, 0.15) is 11.1 Å². The predicted molar refractivity (Wildman–Crippen MR) is 80.3 cm³/mol. The Morgan fingerprint density at radius 3 is 2.56 bits per heavy atom. The van der Waals surface area contributed by atoms with Crippen LogP contribution in [-0.2, 0) is 0 Å². The Morgan fingerprint density at radius 1 is 1.22 bits per heavy atom. The van der Waals surface area contributed by atoms with E-state index in [1.165, 1.54) is 5.56 Å². The van der Waals surface area contributed by atoms with Crippen molar-refractivity contribution in [2.45, 2.75) is 13.8 Å². The third-order valence-corrected chi connectivity index (χ3v) is 4.03. The number of benzene rings is 1. The molecule has 0 spiro atoms. The van der Waals surface area contributed by atoms with Crippen LogP contribution >= 0.6 is 15.9 Å². The minimum Gasteiger partial charge on any atom is -0.397 e. The lowest BCUT2D eigenvalue weighted by Crippen LogP contribution is -2.14. The van der Waals surface area contributed by atoms with Crippen molar-refractivity contribution in [3.8, 4) is 0 Å². The summed E-state index contributed by atoms with van der Waals surface area (Å²) in [7, 11) is 2.01. The average Bonchev–Trinajstić information content (AvgIpc) is 2.36. The number of nitrogen functional groups attached to an aromatic ring is 1. The van der Waals surface area contributed by atoms with Gasteiger partial charge >= 0.3 is 0 Å². The summed E-state index contributed by atoms with van der Waals surface area (Å²) in [4.78, 5) is 6.47. The van der Waals surface area contributed by atoms with E-state index in [0.29, 0.717) is 5.69 Å². The van der Waals surface area contributed by atoms with Gasteiger partial charge in [0.15, 0.2) is 0 Å². The van der Waals surface area contributed by atoms with Crippen LogP contribution in [0.5, 0.6) is 0 Å². The maximum Gasteiger partial charge on any atom is 0.147 e. The number of nitrogens with zero attached hydrogens (tertiary/aromatic N) is 2. The highest BCUT2D eigenvalue weighted by Gasteiger charge is 2.14. The number of aryl methyl sites for hydroxylation is 1. The van der Waals surface area contributed by atoms with Crippen LogP contribution in [0.4, 0.5) is 17.2 Å². The van der Waals surface area contributed by atoms with Crippen molar-refractivity contribution in [1.29, 1.82) is 0 Å². The normalized spacial score (nSPS) is 10.4. The number of aromatic nitrogens is 1. The van der Waals surface area contributed by atoms with Crippen LogP contribution in [0.25, 0.3) is 0 Å². The van der Waals surface area contributed by atoms with Crippen molar-refractivity contribution < 1.29 is 0 Å². The van der Waals surface area contributed by atoms with Gasteiger partial charge in [0.05, 0.1) is 16.4 Å². The minimum atomic E-state index is 0.698. The van der Waals surface area contributed by atoms with Gasteiger partial charge in [-0.15, -0.1) is 0 Å². The maximum absolute atomic E-state index is 5.85. The topological polar surface area (TPSA) is 42.2 Å². The van der Waals surface area contributed by atoms with Crippen molar-refractivity contribution in [1.82, 2.24) is 4.98 Å².